The van der Waals surface area contributed by atoms with Crippen LogP contribution in [-0.2, 0) is 0 Å². The lowest BCUT2D eigenvalue weighted by Gasteiger charge is -2.19. The van der Waals surface area contributed by atoms with E-state index in [4.69, 9.17) is 5.11 Å². The number of carboxylic acids is 1. The van der Waals surface area contributed by atoms with E-state index in [9.17, 15) is 14.9 Å². The number of carbonyl (C=O) groups is 1. The molecule has 0 amide bonds. The Morgan fingerprint density at radius 3 is 2.63 bits per heavy atom. The molecular weight excluding hydrogens is 248 g/mol. The molecule has 6 nitrogen and oxygen atoms in total. The minimum absolute atomic E-state index is 0.273. The van der Waals surface area contributed by atoms with Gasteiger partial charge in [-0.25, -0.2) is 4.79 Å². The summed E-state index contributed by atoms with van der Waals surface area (Å²) >= 11 is 0. The average molecular weight is 266 g/mol. The van der Waals surface area contributed by atoms with Gasteiger partial charge in [-0.1, -0.05) is 25.8 Å². The Balaban J connectivity index is 3.09. The normalized spacial score (nSPS) is 10.2. The van der Waals surface area contributed by atoms with Gasteiger partial charge in [0, 0.05) is 13.6 Å². The van der Waals surface area contributed by atoms with Gasteiger partial charge in [-0.3, -0.25) is 10.1 Å². The van der Waals surface area contributed by atoms with Gasteiger partial charge in [-0.2, -0.15) is 0 Å². The van der Waals surface area contributed by atoms with Gasteiger partial charge in [0.2, 0.25) is 0 Å². The molecule has 1 rings (SSSR count). The summed E-state index contributed by atoms with van der Waals surface area (Å²) < 4.78 is 0. The Morgan fingerprint density at radius 2 is 2.11 bits per heavy atom. The van der Waals surface area contributed by atoms with E-state index in [1.54, 1.807) is 18.0 Å². The minimum Gasteiger partial charge on any atom is -0.477 e. The van der Waals surface area contributed by atoms with Crippen molar-refractivity contribution in [3.8, 4) is 0 Å². The molecule has 0 aliphatic heterocycles. The van der Waals surface area contributed by atoms with Crippen LogP contribution in [-0.4, -0.2) is 29.6 Å². The van der Waals surface area contributed by atoms with E-state index in [0.717, 1.165) is 19.3 Å². The van der Waals surface area contributed by atoms with Crippen molar-refractivity contribution in [2.75, 3.05) is 18.5 Å². The molecule has 19 heavy (non-hydrogen) atoms. The van der Waals surface area contributed by atoms with Gasteiger partial charge in [-0.05, 0) is 18.6 Å². The van der Waals surface area contributed by atoms with Gasteiger partial charge in [0.25, 0.3) is 0 Å². The zero-order valence-corrected chi connectivity index (χ0v) is 11.1. The smallest absolute Gasteiger partial charge is 0.342 e. The first kappa shape index (κ1) is 14.9. The molecule has 0 bridgehead atoms. The predicted octanol–water partition coefficient (Wildman–Crippen LogP) is 2.92. The molecule has 0 saturated carbocycles. The molecule has 0 aromatic heterocycles. The Hall–Kier alpha value is -2.11. The molecule has 0 saturated heterocycles. The summed E-state index contributed by atoms with van der Waals surface area (Å²) in [5.74, 6) is -1.28. The Labute approximate surface area is 111 Å². The number of hydrogen-bond acceptors (Lipinski definition) is 4. The molecule has 0 aliphatic carbocycles. The summed E-state index contributed by atoms with van der Waals surface area (Å²) in [6.45, 7) is 2.74. The Morgan fingerprint density at radius 1 is 1.42 bits per heavy atom. The zero-order valence-electron chi connectivity index (χ0n) is 11.1. The van der Waals surface area contributed by atoms with Crippen molar-refractivity contribution in [3.05, 3.63) is 33.9 Å². The highest BCUT2D eigenvalue weighted by Gasteiger charge is 2.25. The first-order chi connectivity index (χ1) is 8.99. The number of nitrogens with zero attached hydrogens (tertiary/aromatic N) is 2. The lowest BCUT2D eigenvalue weighted by molar-refractivity contribution is -0.384. The molecule has 0 atom stereocenters. The highest BCUT2D eigenvalue weighted by Crippen LogP contribution is 2.31. The summed E-state index contributed by atoms with van der Waals surface area (Å²) in [4.78, 5) is 23.2. The van der Waals surface area contributed by atoms with E-state index >= 15 is 0 Å². The van der Waals surface area contributed by atoms with Gasteiger partial charge in [0.1, 0.15) is 11.3 Å². The van der Waals surface area contributed by atoms with Crippen LogP contribution in [0.3, 0.4) is 0 Å². The van der Waals surface area contributed by atoms with Crippen molar-refractivity contribution in [1.29, 1.82) is 0 Å². The quantitative estimate of drug-likeness (QED) is 0.466. The highest BCUT2D eigenvalue weighted by atomic mass is 16.6. The lowest BCUT2D eigenvalue weighted by atomic mass is 10.1. The van der Waals surface area contributed by atoms with Crippen molar-refractivity contribution in [2.45, 2.75) is 26.2 Å². The molecule has 0 spiro atoms. The van der Waals surface area contributed by atoms with Crippen molar-refractivity contribution in [1.82, 2.24) is 0 Å². The van der Waals surface area contributed by atoms with Gasteiger partial charge >= 0.3 is 11.7 Å². The number of aromatic carboxylic acids is 1. The van der Waals surface area contributed by atoms with Crippen molar-refractivity contribution >= 4 is 17.3 Å². The summed E-state index contributed by atoms with van der Waals surface area (Å²) in [6, 6.07) is 4.36. The molecule has 1 N–H and O–H groups in total. The van der Waals surface area contributed by atoms with E-state index in [-0.39, 0.29) is 11.3 Å². The molecule has 0 heterocycles. The second kappa shape index (κ2) is 6.72. The van der Waals surface area contributed by atoms with Crippen LogP contribution in [0.15, 0.2) is 18.2 Å². The third kappa shape index (κ3) is 3.67. The standard InChI is InChI=1S/C13H18N2O4/c1-3-4-5-9-14(2)11-8-6-7-10(13(16)17)12(11)15(18)19/h6-8H,3-5,9H2,1-2H3,(H,16,17). The Kier molecular flexibility index (Phi) is 5.29. The summed E-state index contributed by atoms with van der Waals surface area (Å²) in [5, 5.41) is 20.1. The fourth-order valence-corrected chi connectivity index (χ4v) is 1.92. The molecule has 104 valence electrons. The largest absolute Gasteiger partial charge is 0.477 e. The van der Waals surface area contributed by atoms with Gasteiger partial charge in [0.05, 0.1) is 4.92 Å². The molecule has 0 radical (unpaired) electrons. The van der Waals surface area contributed by atoms with Crippen LogP contribution in [0.5, 0.6) is 0 Å². The maximum atomic E-state index is 11.1. The molecule has 1 aromatic rings. The molecule has 1 aromatic carbocycles. The summed E-state index contributed by atoms with van der Waals surface area (Å²) in [7, 11) is 1.74. The zero-order chi connectivity index (χ0) is 14.4. The highest BCUT2D eigenvalue weighted by molar-refractivity contribution is 5.95. The van der Waals surface area contributed by atoms with Gasteiger partial charge in [0.15, 0.2) is 0 Å². The monoisotopic (exact) mass is 266 g/mol. The number of carboxylic acid groups (broad SMARTS) is 1. The van der Waals surface area contributed by atoms with E-state index in [1.165, 1.54) is 12.1 Å². The van der Waals surface area contributed by atoms with Crippen LogP contribution in [0.1, 0.15) is 36.5 Å². The first-order valence-corrected chi connectivity index (χ1v) is 6.20. The van der Waals surface area contributed by atoms with Crippen LogP contribution < -0.4 is 4.90 Å². The first-order valence-electron chi connectivity index (χ1n) is 6.20. The Bertz CT molecular complexity index is 474. The number of nitro groups is 1. The molecule has 6 heteroatoms. The maximum absolute atomic E-state index is 11.1. The van der Waals surface area contributed by atoms with E-state index in [2.05, 4.69) is 6.92 Å². The third-order valence-corrected chi connectivity index (χ3v) is 2.94. The van der Waals surface area contributed by atoms with Crippen LogP contribution in [0, 0.1) is 10.1 Å². The number of hydrogen-bond donors (Lipinski definition) is 1. The van der Waals surface area contributed by atoms with Crippen LogP contribution in [0.4, 0.5) is 11.4 Å². The summed E-state index contributed by atoms with van der Waals surface area (Å²) in [5.41, 5.74) is -0.264. The van der Waals surface area contributed by atoms with E-state index in [1.807, 2.05) is 0 Å². The van der Waals surface area contributed by atoms with Crippen molar-refractivity contribution < 1.29 is 14.8 Å². The second-order valence-electron chi connectivity index (χ2n) is 4.36. The van der Waals surface area contributed by atoms with Crippen molar-refractivity contribution in [3.63, 3.8) is 0 Å². The SMILES string of the molecule is CCCCCN(C)c1cccc(C(=O)O)c1[N+](=O)[O-]. The maximum Gasteiger partial charge on any atom is 0.342 e. The topological polar surface area (TPSA) is 83.7 Å². The number of anilines is 1. The van der Waals surface area contributed by atoms with Crippen LogP contribution in [0.25, 0.3) is 0 Å². The number of rotatable bonds is 7. The fraction of sp³-hybridized carbons (Fsp3) is 0.462. The third-order valence-electron chi connectivity index (χ3n) is 2.94. The number of benzene rings is 1. The fourth-order valence-electron chi connectivity index (χ4n) is 1.92. The summed E-state index contributed by atoms with van der Waals surface area (Å²) in [6.07, 6.45) is 3.02. The van der Waals surface area contributed by atoms with E-state index in [0.29, 0.717) is 12.2 Å². The van der Waals surface area contributed by atoms with Crippen molar-refractivity contribution in [2.24, 2.45) is 0 Å². The minimum atomic E-state index is -1.28. The average Bonchev–Trinajstić information content (AvgIpc) is 2.37. The van der Waals surface area contributed by atoms with Gasteiger partial charge in [-0.15, -0.1) is 0 Å². The second-order valence-corrected chi connectivity index (χ2v) is 4.36. The van der Waals surface area contributed by atoms with E-state index < -0.39 is 10.9 Å². The molecular formula is C13H18N2O4. The lowest BCUT2D eigenvalue weighted by Crippen LogP contribution is -2.20. The molecule has 0 fully saturated rings. The van der Waals surface area contributed by atoms with Crippen LogP contribution in [0.2, 0.25) is 0 Å². The predicted molar refractivity (Wildman–Crippen MR) is 72.9 cm³/mol. The number of nitro benzene ring substituents is 1. The van der Waals surface area contributed by atoms with Gasteiger partial charge < -0.3 is 10.0 Å². The number of unbranched alkanes of at least 4 members (excludes halogenated alkanes) is 2. The molecule has 0 aliphatic rings. The van der Waals surface area contributed by atoms with Crippen LogP contribution >= 0.6 is 0 Å². The number of para-hydroxylation sites is 1. The molecule has 0 unspecified atom stereocenters.